The topological polar surface area (TPSA) is 67.8 Å². The summed E-state index contributed by atoms with van der Waals surface area (Å²) >= 11 is 0. The van der Waals surface area contributed by atoms with Gasteiger partial charge in [-0.2, -0.15) is 0 Å². The summed E-state index contributed by atoms with van der Waals surface area (Å²) in [5.41, 5.74) is 1.72. The van der Waals surface area contributed by atoms with Crippen molar-refractivity contribution in [3.05, 3.63) is 0 Å². The average molecular weight is 116 g/mol. The zero-order valence-electron chi connectivity index (χ0n) is 4.17. The van der Waals surface area contributed by atoms with E-state index in [1.54, 1.807) is 5.43 Å². The van der Waals surface area contributed by atoms with Crippen molar-refractivity contribution in [2.75, 3.05) is 7.11 Å². The average Bonchev–Trinajstić information content (AvgIpc) is 1.83. The lowest BCUT2D eigenvalue weighted by Gasteiger charge is -1.89. The summed E-state index contributed by atoms with van der Waals surface area (Å²) in [7, 11) is 1.16. The van der Waals surface area contributed by atoms with Gasteiger partial charge in [0.2, 0.25) is 0 Å². The van der Waals surface area contributed by atoms with E-state index in [0.29, 0.717) is 0 Å². The van der Waals surface area contributed by atoms with Gasteiger partial charge < -0.3 is 4.74 Å². The fourth-order valence-corrected chi connectivity index (χ4v) is 0.114. The molecule has 0 heterocycles. The van der Waals surface area contributed by atoms with Gasteiger partial charge in [0, 0.05) is 0 Å². The summed E-state index contributed by atoms with van der Waals surface area (Å²) in [6.07, 6.45) is 0.312. The Morgan fingerprint density at radius 1 is 1.88 bits per heavy atom. The quantitative estimate of drug-likeness (QED) is 0.288. The summed E-state index contributed by atoms with van der Waals surface area (Å²) in [6, 6.07) is 0. The van der Waals surface area contributed by atoms with E-state index in [-0.39, 0.29) is 0 Å². The van der Waals surface area contributed by atoms with E-state index in [4.69, 9.17) is 0 Å². The first kappa shape index (κ1) is 6.65. The van der Waals surface area contributed by atoms with Crippen LogP contribution in [0.5, 0.6) is 0 Å². The van der Waals surface area contributed by atoms with Crippen LogP contribution in [0, 0.1) is 0 Å². The fourth-order valence-electron chi connectivity index (χ4n) is 0.114. The van der Waals surface area contributed by atoms with Crippen molar-refractivity contribution in [1.82, 2.24) is 5.43 Å². The highest BCUT2D eigenvalue weighted by atomic mass is 16.5. The summed E-state index contributed by atoms with van der Waals surface area (Å²) in [5, 5.41) is 2.71. The molecule has 0 saturated carbocycles. The van der Waals surface area contributed by atoms with Crippen molar-refractivity contribution in [2.24, 2.45) is 5.10 Å². The number of rotatable bonds is 1. The van der Waals surface area contributed by atoms with Crippen molar-refractivity contribution in [2.45, 2.75) is 0 Å². The van der Waals surface area contributed by atoms with E-state index in [9.17, 15) is 9.59 Å². The normalized spacial score (nSPS) is 6.62. The van der Waals surface area contributed by atoms with Crippen LogP contribution in [0.3, 0.4) is 0 Å². The minimum Gasteiger partial charge on any atom is -0.452 e. The molecular formula is C3H4N2O3. The summed E-state index contributed by atoms with van der Waals surface area (Å²) in [6.45, 7) is 0. The molecule has 5 heteroatoms. The Kier molecular flexibility index (Phi) is 3.18. The minimum absolute atomic E-state index is 0.784. The number of amides is 1. The second-order valence-corrected chi connectivity index (χ2v) is 0.806. The fraction of sp³-hybridized carbons (Fsp3) is 0.333. The smallest absolute Gasteiger partial charge is 0.428 e. The Morgan fingerprint density at radius 2 is 2.50 bits per heavy atom. The number of carbonyl (C=O) groups excluding carboxylic acids is 2. The van der Waals surface area contributed by atoms with E-state index < -0.39 is 6.09 Å². The molecule has 1 N–H and O–H groups in total. The Bertz CT molecular complexity index is 126. The van der Waals surface area contributed by atoms with E-state index in [0.717, 1.165) is 13.2 Å². The second kappa shape index (κ2) is 3.83. The molecule has 0 aliphatic rings. The van der Waals surface area contributed by atoms with Crippen LogP contribution in [0.1, 0.15) is 0 Å². The first-order chi connectivity index (χ1) is 3.81. The molecule has 0 spiro atoms. The molecule has 8 heavy (non-hydrogen) atoms. The zero-order valence-corrected chi connectivity index (χ0v) is 4.17. The van der Waals surface area contributed by atoms with E-state index in [2.05, 4.69) is 9.84 Å². The van der Waals surface area contributed by atoms with Crippen LogP contribution in [-0.4, -0.2) is 19.3 Å². The summed E-state index contributed by atoms with van der Waals surface area (Å²) in [4.78, 5) is 19.2. The van der Waals surface area contributed by atoms with E-state index in [1.165, 1.54) is 0 Å². The SMILES string of the molecule is COC(=O)NN=C=O. The van der Waals surface area contributed by atoms with Crippen LogP contribution < -0.4 is 5.43 Å². The third-order valence-corrected chi connectivity index (χ3v) is 0.378. The van der Waals surface area contributed by atoms with Crippen LogP contribution >= 0.6 is 0 Å². The van der Waals surface area contributed by atoms with Gasteiger partial charge >= 0.3 is 6.09 Å². The van der Waals surface area contributed by atoms with Gasteiger partial charge in [-0.3, -0.25) is 0 Å². The summed E-state index contributed by atoms with van der Waals surface area (Å²) in [5.74, 6) is 0. The highest BCUT2D eigenvalue weighted by Gasteiger charge is 1.90. The van der Waals surface area contributed by atoms with E-state index in [1.807, 2.05) is 0 Å². The highest BCUT2D eigenvalue weighted by molar-refractivity contribution is 5.67. The van der Waals surface area contributed by atoms with Crippen LogP contribution in [0.15, 0.2) is 5.10 Å². The van der Waals surface area contributed by atoms with Gasteiger partial charge in [-0.05, 0) is 0 Å². The van der Waals surface area contributed by atoms with Crippen LogP contribution in [0.25, 0.3) is 0 Å². The molecule has 0 aromatic heterocycles. The lowest BCUT2D eigenvalue weighted by atomic mass is 11.2. The van der Waals surface area contributed by atoms with Gasteiger partial charge in [-0.1, -0.05) is 5.10 Å². The number of ether oxygens (including phenoxy) is 1. The molecule has 0 fully saturated rings. The number of carbonyl (C=O) groups is 1. The maximum absolute atomic E-state index is 9.96. The molecule has 0 atom stereocenters. The third-order valence-electron chi connectivity index (χ3n) is 0.378. The van der Waals surface area contributed by atoms with E-state index >= 15 is 0 Å². The van der Waals surface area contributed by atoms with Crippen LogP contribution in [-0.2, 0) is 9.53 Å². The van der Waals surface area contributed by atoms with Crippen molar-refractivity contribution in [1.29, 1.82) is 0 Å². The Balaban J connectivity index is 3.39. The number of isocyanates is 1. The molecule has 0 saturated heterocycles. The van der Waals surface area contributed by atoms with Gasteiger partial charge in [0.05, 0.1) is 7.11 Å². The molecule has 0 aromatic rings. The Morgan fingerprint density at radius 3 is 2.88 bits per heavy atom. The zero-order chi connectivity index (χ0) is 6.41. The summed E-state index contributed by atoms with van der Waals surface area (Å²) < 4.78 is 4.03. The molecule has 0 rings (SSSR count). The Labute approximate surface area is 45.3 Å². The molecule has 0 bridgehead atoms. The first-order valence-corrected chi connectivity index (χ1v) is 1.72. The molecule has 0 aliphatic carbocycles. The molecule has 0 unspecified atom stereocenters. The monoisotopic (exact) mass is 116 g/mol. The van der Waals surface area contributed by atoms with Gasteiger partial charge in [0.1, 0.15) is 0 Å². The molecular weight excluding hydrogens is 112 g/mol. The molecule has 1 amide bonds. The number of nitrogens with zero attached hydrogens (tertiary/aromatic N) is 1. The molecule has 44 valence electrons. The molecule has 0 aliphatic heterocycles. The molecule has 0 aromatic carbocycles. The minimum atomic E-state index is -0.784. The number of methoxy groups -OCH3 is 1. The standard InChI is InChI=1S/C3H4N2O3/c1-8-3(7)5-4-2-6/h1H3,(H,5,7). The lowest BCUT2D eigenvalue weighted by molar-refractivity contribution is 0.171. The van der Waals surface area contributed by atoms with Gasteiger partial charge in [0.15, 0.2) is 0 Å². The van der Waals surface area contributed by atoms with Gasteiger partial charge in [0.25, 0.3) is 6.08 Å². The number of hydrogen-bond donors (Lipinski definition) is 1. The number of hydrazone groups is 1. The van der Waals surface area contributed by atoms with Crippen molar-refractivity contribution in [3.63, 3.8) is 0 Å². The third kappa shape index (κ3) is 2.87. The van der Waals surface area contributed by atoms with Crippen LogP contribution in [0.2, 0.25) is 0 Å². The first-order valence-electron chi connectivity index (χ1n) is 1.72. The second-order valence-electron chi connectivity index (χ2n) is 0.806. The predicted molar refractivity (Wildman–Crippen MR) is 23.7 cm³/mol. The lowest BCUT2D eigenvalue weighted by Crippen LogP contribution is -2.15. The molecule has 5 nitrogen and oxygen atoms in total. The molecule has 0 radical (unpaired) electrons. The van der Waals surface area contributed by atoms with Crippen molar-refractivity contribution in [3.8, 4) is 0 Å². The van der Waals surface area contributed by atoms with Gasteiger partial charge in [-0.25, -0.2) is 15.0 Å². The van der Waals surface area contributed by atoms with Crippen molar-refractivity contribution < 1.29 is 14.3 Å². The van der Waals surface area contributed by atoms with Crippen molar-refractivity contribution >= 4 is 12.2 Å². The Hall–Kier alpha value is -1.35. The maximum atomic E-state index is 9.96. The highest BCUT2D eigenvalue weighted by Crippen LogP contribution is 1.66. The predicted octanol–water partition coefficient (Wildman–Crippen LogP) is -0.407. The van der Waals surface area contributed by atoms with Gasteiger partial charge in [-0.15, -0.1) is 0 Å². The largest absolute Gasteiger partial charge is 0.452 e. The number of nitrogens with one attached hydrogen (secondary N) is 1. The maximum Gasteiger partial charge on any atom is 0.428 e. The number of hydrogen-bond acceptors (Lipinski definition) is 4. The van der Waals surface area contributed by atoms with Crippen LogP contribution in [0.4, 0.5) is 4.79 Å².